The fraction of sp³-hybridized carbons (Fsp3) is 0.750. The molecule has 0 saturated carbocycles. The van der Waals surface area contributed by atoms with Gasteiger partial charge in [-0.25, -0.2) is 23.9 Å². The molecule has 2 aromatic heterocycles. The molecule has 1 aliphatic rings. The summed E-state index contributed by atoms with van der Waals surface area (Å²) in [6, 6.07) is 0. The van der Waals surface area contributed by atoms with Gasteiger partial charge in [0.05, 0.1) is 32.0 Å². The second-order valence-corrected chi connectivity index (χ2v) is 17.1. The van der Waals surface area contributed by atoms with Gasteiger partial charge < -0.3 is 14.7 Å². The van der Waals surface area contributed by atoms with Crippen molar-refractivity contribution in [3.63, 3.8) is 0 Å². The summed E-state index contributed by atoms with van der Waals surface area (Å²) >= 11 is 8.27. The Labute approximate surface area is 282 Å². The largest absolute Gasteiger partial charge is 0.474 e. The predicted molar refractivity (Wildman–Crippen MR) is 178 cm³/mol. The Kier molecular flexibility index (Phi) is 13.1. The van der Waals surface area contributed by atoms with Gasteiger partial charge in [0, 0.05) is 36.4 Å². The molecule has 3 heterocycles. The van der Waals surface area contributed by atoms with Crippen LogP contribution in [0.15, 0.2) is 6.33 Å². The number of halogens is 2. The van der Waals surface area contributed by atoms with Crippen molar-refractivity contribution in [1.29, 1.82) is 0 Å². The van der Waals surface area contributed by atoms with Crippen molar-refractivity contribution in [3.8, 4) is 0 Å². The highest BCUT2D eigenvalue weighted by Gasteiger charge is 2.57. The molecule has 0 aromatic carbocycles. The zero-order valence-corrected chi connectivity index (χ0v) is 30.9. The van der Waals surface area contributed by atoms with Crippen molar-refractivity contribution in [2.75, 3.05) is 56.2 Å². The van der Waals surface area contributed by atoms with Gasteiger partial charge in [0.2, 0.25) is 0 Å². The number of rotatable bonds is 14. The normalized spacial score (nSPS) is 22.5. The van der Waals surface area contributed by atoms with E-state index in [1.54, 1.807) is 67.5 Å². The van der Waals surface area contributed by atoms with Gasteiger partial charge in [-0.2, -0.15) is 0 Å². The van der Waals surface area contributed by atoms with E-state index in [1.165, 1.54) is 10.9 Å². The van der Waals surface area contributed by atoms with Gasteiger partial charge >= 0.3 is 7.82 Å². The lowest BCUT2D eigenvalue weighted by Gasteiger charge is -2.30. The van der Waals surface area contributed by atoms with Crippen LogP contribution < -0.4 is 4.90 Å². The number of aliphatic hydroxyl groups excluding tert-OH is 1. The number of hydrogen-bond acceptors (Lipinski definition) is 14. The summed E-state index contributed by atoms with van der Waals surface area (Å²) in [6.07, 6.45) is -3.88. The molecule has 0 aliphatic carbocycles. The Morgan fingerprint density at radius 1 is 1.09 bits per heavy atom. The average Bonchev–Trinajstić information content (AvgIpc) is 3.49. The minimum absolute atomic E-state index is 0.0846. The zero-order chi connectivity index (χ0) is 34.7. The van der Waals surface area contributed by atoms with Crippen LogP contribution in [0.25, 0.3) is 11.2 Å². The Morgan fingerprint density at radius 2 is 1.63 bits per heavy atom. The number of carbonyl (C=O) groups is 2. The Balaban J connectivity index is 1.79. The van der Waals surface area contributed by atoms with Gasteiger partial charge in [-0.15, -0.1) is 11.6 Å². The second-order valence-electron chi connectivity index (χ2n) is 13.1. The van der Waals surface area contributed by atoms with Crippen LogP contribution in [0.3, 0.4) is 0 Å². The summed E-state index contributed by atoms with van der Waals surface area (Å²) in [5.41, 5.74) is -2.36. The molecule has 3 rings (SSSR count). The molecule has 0 bridgehead atoms. The second kappa shape index (κ2) is 15.5. The standard InChI is InChI=1S/C28H44ClFN5O8PS2/c1-17-32-21(34(8)9)19-22(33-17)35(16-31-19)23-18(30)20(36)28(14-29,43-23)15-42-44(39,40-10-12-45-24(37)26(2,3)4)41-11-13-46-25(38)27(5,6)7/h16,18,20,23,36H,10-15H2,1-9H3/t18-,20+,23-,28-/m1/s1. The van der Waals surface area contributed by atoms with Gasteiger partial charge in [-0.05, 0) is 6.92 Å². The number of imidazole rings is 1. The molecule has 18 heteroatoms. The van der Waals surface area contributed by atoms with Gasteiger partial charge in [0.1, 0.15) is 17.5 Å². The van der Waals surface area contributed by atoms with Crippen LogP contribution in [0, 0.1) is 17.8 Å². The molecule has 1 N–H and O–H groups in total. The lowest BCUT2D eigenvalue weighted by Crippen LogP contribution is -2.47. The maximum Gasteiger partial charge on any atom is 0.474 e. The number of nitrogens with zero attached hydrogens (tertiary/aromatic N) is 5. The third-order valence-corrected chi connectivity index (χ3v) is 11.1. The van der Waals surface area contributed by atoms with E-state index in [-0.39, 0.29) is 40.6 Å². The molecule has 4 atom stereocenters. The summed E-state index contributed by atoms with van der Waals surface area (Å²) in [7, 11) is -0.812. The molecule has 13 nitrogen and oxygen atoms in total. The first-order valence-corrected chi connectivity index (χ1v) is 18.5. The SMILES string of the molecule is Cc1nc(N(C)C)c2ncn([C@@H]3O[C@](CCl)(COP(=O)(OCCSC(=O)C(C)(C)C)OCCSC(=O)C(C)(C)C)[C@@H](O)[C@H]3F)c2n1. The maximum absolute atomic E-state index is 15.8. The first-order valence-electron chi connectivity index (χ1n) is 14.6. The third kappa shape index (κ3) is 9.41. The van der Waals surface area contributed by atoms with E-state index in [1.807, 2.05) is 0 Å². The molecule has 0 unspecified atom stereocenters. The molecule has 2 aromatic rings. The van der Waals surface area contributed by atoms with Crippen molar-refractivity contribution < 1.29 is 42.0 Å². The third-order valence-electron chi connectivity index (χ3n) is 6.73. The van der Waals surface area contributed by atoms with Crippen molar-refractivity contribution >= 4 is 70.2 Å². The highest BCUT2D eigenvalue weighted by molar-refractivity contribution is 8.14. The van der Waals surface area contributed by atoms with E-state index in [0.29, 0.717) is 17.2 Å². The fourth-order valence-electron chi connectivity index (χ4n) is 4.11. The molecule has 1 saturated heterocycles. The summed E-state index contributed by atoms with van der Waals surface area (Å²) < 4.78 is 53.6. The average molecular weight is 728 g/mol. The number of thioether (sulfide) groups is 2. The molecular formula is C28H44ClFN5O8PS2. The number of phosphoric acid groups is 1. The number of phosphoric ester groups is 1. The van der Waals surface area contributed by atoms with E-state index < -0.39 is 55.2 Å². The van der Waals surface area contributed by atoms with E-state index in [0.717, 1.165) is 23.5 Å². The first kappa shape index (κ1) is 39.1. The molecule has 0 amide bonds. The minimum atomic E-state index is -4.38. The van der Waals surface area contributed by atoms with Crippen LogP contribution in [-0.4, -0.2) is 104 Å². The van der Waals surface area contributed by atoms with Crippen molar-refractivity contribution in [2.45, 2.75) is 72.6 Å². The minimum Gasteiger partial charge on any atom is -0.387 e. The smallest absolute Gasteiger partial charge is 0.387 e. The highest BCUT2D eigenvalue weighted by atomic mass is 35.5. The van der Waals surface area contributed by atoms with Crippen LogP contribution in [0.1, 0.15) is 53.6 Å². The lowest BCUT2D eigenvalue weighted by molar-refractivity contribution is -0.118. The summed E-state index contributed by atoms with van der Waals surface area (Å²) in [6.45, 7) is 11.3. The summed E-state index contributed by atoms with van der Waals surface area (Å²) in [5, 5.41) is 10.9. The molecule has 46 heavy (non-hydrogen) atoms. The number of fused-ring (bicyclic) bond motifs is 1. The van der Waals surface area contributed by atoms with Crippen molar-refractivity contribution in [3.05, 3.63) is 12.2 Å². The van der Waals surface area contributed by atoms with Crippen LogP contribution in [-0.2, 0) is 32.5 Å². The molecule has 0 spiro atoms. The maximum atomic E-state index is 15.8. The monoisotopic (exact) mass is 727 g/mol. The van der Waals surface area contributed by atoms with Gasteiger partial charge in [-0.3, -0.25) is 27.7 Å². The van der Waals surface area contributed by atoms with E-state index in [4.69, 9.17) is 29.9 Å². The quantitative estimate of drug-likeness (QED) is 0.154. The molecule has 1 fully saturated rings. The van der Waals surface area contributed by atoms with Crippen molar-refractivity contribution in [2.24, 2.45) is 10.8 Å². The number of anilines is 1. The first-order chi connectivity index (χ1) is 21.2. The van der Waals surface area contributed by atoms with Gasteiger partial charge in [0.15, 0.2) is 39.6 Å². The highest BCUT2D eigenvalue weighted by Crippen LogP contribution is 2.52. The van der Waals surface area contributed by atoms with E-state index >= 15 is 4.39 Å². The van der Waals surface area contributed by atoms with Crippen LogP contribution in [0.5, 0.6) is 0 Å². The topological polar surface area (TPSA) is 155 Å². The molecular weight excluding hydrogens is 684 g/mol. The number of aliphatic hydroxyl groups is 1. The number of aromatic nitrogens is 4. The number of carbonyl (C=O) groups excluding carboxylic acids is 2. The van der Waals surface area contributed by atoms with Crippen LogP contribution in [0.2, 0.25) is 0 Å². The van der Waals surface area contributed by atoms with Crippen LogP contribution in [0.4, 0.5) is 10.2 Å². The van der Waals surface area contributed by atoms with Gasteiger partial charge in [0.25, 0.3) is 0 Å². The lowest BCUT2D eigenvalue weighted by atomic mass is 9.99. The van der Waals surface area contributed by atoms with E-state index in [9.17, 15) is 19.3 Å². The molecule has 0 radical (unpaired) electrons. The van der Waals surface area contributed by atoms with Crippen LogP contribution >= 0.6 is 42.9 Å². The molecule has 260 valence electrons. The summed E-state index contributed by atoms with van der Waals surface area (Å²) in [4.78, 5) is 39.5. The van der Waals surface area contributed by atoms with E-state index in [2.05, 4.69) is 15.0 Å². The molecule has 1 aliphatic heterocycles. The number of alkyl halides is 2. The fourth-order valence-corrected chi connectivity index (χ4v) is 7.45. The predicted octanol–water partition coefficient (Wildman–Crippen LogP) is 5.18. The number of aryl methyl sites for hydroxylation is 1. The Morgan fingerprint density at radius 3 is 2.11 bits per heavy atom. The summed E-state index contributed by atoms with van der Waals surface area (Å²) in [5.74, 6) is 0.798. The number of ether oxygens (including phenoxy) is 1. The Hall–Kier alpha value is -1.36. The Bertz CT molecular complexity index is 1400. The number of hydrogen-bond donors (Lipinski definition) is 1. The van der Waals surface area contributed by atoms with Gasteiger partial charge in [-0.1, -0.05) is 65.1 Å². The zero-order valence-electron chi connectivity index (χ0n) is 27.6. The van der Waals surface area contributed by atoms with Crippen molar-refractivity contribution in [1.82, 2.24) is 19.5 Å².